The highest BCUT2D eigenvalue weighted by atomic mass is 19.1. The van der Waals surface area contributed by atoms with Gasteiger partial charge in [-0.2, -0.15) is 0 Å². The Morgan fingerprint density at radius 3 is 2.90 bits per heavy atom. The number of hydrogen-bond acceptors (Lipinski definition) is 2. The van der Waals surface area contributed by atoms with Crippen molar-refractivity contribution in [3.05, 3.63) is 65.0 Å². The third-order valence-electron chi connectivity index (χ3n) is 3.65. The molecule has 0 aliphatic carbocycles. The van der Waals surface area contributed by atoms with Crippen molar-refractivity contribution >= 4 is 0 Å². The van der Waals surface area contributed by atoms with Crippen LogP contribution in [0.1, 0.15) is 29.7 Å². The van der Waals surface area contributed by atoms with Crippen molar-refractivity contribution in [3.8, 4) is 5.75 Å². The third kappa shape index (κ3) is 2.41. The zero-order valence-corrected chi connectivity index (χ0v) is 11.5. The second-order valence-corrected chi connectivity index (χ2v) is 4.98. The Hall–Kier alpha value is -1.87. The Morgan fingerprint density at radius 1 is 1.25 bits per heavy atom. The molecule has 2 nitrogen and oxygen atoms in total. The monoisotopic (exact) mass is 271 g/mol. The van der Waals surface area contributed by atoms with Crippen LogP contribution in [0.15, 0.2) is 42.5 Å². The smallest absolute Gasteiger partial charge is 0.127 e. The first-order chi connectivity index (χ1) is 9.79. The van der Waals surface area contributed by atoms with Crippen LogP contribution in [0.5, 0.6) is 5.75 Å². The Balaban J connectivity index is 2.05. The lowest BCUT2D eigenvalue weighted by atomic mass is 9.95. The summed E-state index contributed by atoms with van der Waals surface area (Å²) in [4.78, 5) is 0. The number of hydrogen-bond donors (Lipinski definition) is 1. The number of benzene rings is 2. The molecule has 3 rings (SSSR count). The summed E-state index contributed by atoms with van der Waals surface area (Å²) in [6.45, 7) is 3.59. The number of halogens is 1. The van der Waals surface area contributed by atoms with Crippen LogP contribution in [0.4, 0.5) is 4.39 Å². The predicted octanol–water partition coefficient (Wildman–Crippen LogP) is 3.46. The number of ether oxygens (including phenoxy) is 1. The molecule has 20 heavy (non-hydrogen) atoms. The molecular weight excluding hydrogens is 253 g/mol. The zero-order valence-electron chi connectivity index (χ0n) is 11.5. The van der Waals surface area contributed by atoms with E-state index < -0.39 is 0 Å². The van der Waals surface area contributed by atoms with Gasteiger partial charge in [-0.1, -0.05) is 37.3 Å². The van der Waals surface area contributed by atoms with Gasteiger partial charge < -0.3 is 10.1 Å². The van der Waals surface area contributed by atoms with E-state index in [4.69, 9.17) is 4.74 Å². The molecule has 104 valence electrons. The van der Waals surface area contributed by atoms with Gasteiger partial charge >= 0.3 is 0 Å². The molecule has 0 spiro atoms. The fourth-order valence-corrected chi connectivity index (χ4v) is 2.77. The summed E-state index contributed by atoms with van der Waals surface area (Å²) in [6.07, 6.45) is 0.950. The van der Waals surface area contributed by atoms with Gasteiger partial charge in [0.05, 0.1) is 12.6 Å². The summed E-state index contributed by atoms with van der Waals surface area (Å²) >= 11 is 0. The van der Waals surface area contributed by atoms with Crippen molar-refractivity contribution < 1.29 is 9.13 Å². The van der Waals surface area contributed by atoms with Crippen molar-refractivity contribution in [1.82, 2.24) is 5.32 Å². The van der Waals surface area contributed by atoms with Crippen molar-refractivity contribution in [2.75, 3.05) is 13.2 Å². The lowest BCUT2D eigenvalue weighted by Crippen LogP contribution is -2.22. The highest BCUT2D eigenvalue weighted by Crippen LogP contribution is 2.36. The number of para-hydroxylation sites is 1. The average molecular weight is 271 g/mol. The van der Waals surface area contributed by atoms with E-state index >= 15 is 0 Å². The van der Waals surface area contributed by atoms with Crippen LogP contribution in [-0.4, -0.2) is 13.2 Å². The first-order valence-corrected chi connectivity index (χ1v) is 7.03. The average Bonchev–Trinajstić information content (AvgIpc) is 2.93. The lowest BCUT2D eigenvalue weighted by molar-refractivity contribution is 0.350. The zero-order chi connectivity index (χ0) is 13.9. The number of nitrogens with one attached hydrogen (secondary N) is 1. The molecule has 1 aliphatic heterocycles. The van der Waals surface area contributed by atoms with Gasteiger partial charge in [0.1, 0.15) is 11.6 Å². The molecule has 0 saturated carbocycles. The van der Waals surface area contributed by atoms with Crippen LogP contribution in [0.3, 0.4) is 0 Å². The van der Waals surface area contributed by atoms with Gasteiger partial charge in [-0.05, 0) is 29.8 Å². The van der Waals surface area contributed by atoms with Gasteiger partial charge in [0.15, 0.2) is 0 Å². The summed E-state index contributed by atoms with van der Waals surface area (Å²) in [5.41, 5.74) is 3.25. The fraction of sp³-hybridized carbons (Fsp3) is 0.294. The summed E-state index contributed by atoms with van der Waals surface area (Å²) < 4.78 is 19.3. The summed E-state index contributed by atoms with van der Waals surface area (Å²) in [7, 11) is 0. The van der Waals surface area contributed by atoms with Crippen LogP contribution in [0.2, 0.25) is 0 Å². The van der Waals surface area contributed by atoms with E-state index in [-0.39, 0.29) is 11.9 Å². The van der Waals surface area contributed by atoms with Crippen molar-refractivity contribution in [1.29, 1.82) is 0 Å². The fourth-order valence-electron chi connectivity index (χ4n) is 2.77. The Kier molecular flexibility index (Phi) is 3.70. The number of rotatable bonds is 4. The molecule has 0 radical (unpaired) electrons. The van der Waals surface area contributed by atoms with Gasteiger partial charge in [-0.15, -0.1) is 0 Å². The van der Waals surface area contributed by atoms with E-state index in [1.54, 1.807) is 12.1 Å². The first kappa shape index (κ1) is 13.1. The van der Waals surface area contributed by atoms with Gasteiger partial charge in [-0.3, -0.25) is 0 Å². The highest BCUT2D eigenvalue weighted by Gasteiger charge is 2.22. The minimum Gasteiger partial charge on any atom is -0.493 e. The van der Waals surface area contributed by atoms with Gasteiger partial charge in [-0.25, -0.2) is 4.39 Å². The second kappa shape index (κ2) is 5.63. The van der Waals surface area contributed by atoms with Crippen LogP contribution < -0.4 is 10.1 Å². The molecule has 1 N–H and O–H groups in total. The van der Waals surface area contributed by atoms with Crippen molar-refractivity contribution in [3.63, 3.8) is 0 Å². The molecule has 0 amide bonds. The molecule has 0 bridgehead atoms. The largest absolute Gasteiger partial charge is 0.493 e. The second-order valence-electron chi connectivity index (χ2n) is 4.98. The van der Waals surface area contributed by atoms with Crippen LogP contribution in [-0.2, 0) is 6.42 Å². The van der Waals surface area contributed by atoms with Crippen LogP contribution in [0, 0.1) is 5.82 Å². The Labute approximate surface area is 118 Å². The summed E-state index contributed by atoms with van der Waals surface area (Å²) in [6, 6.07) is 12.9. The molecular formula is C17H18FNO. The van der Waals surface area contributed by atoms with Gasteiger partial charge in [0.25, 0.3) is 0 Å². The van der Waals surface area contributed by atoms with E-state index in [1.807, 2.05) is 12.1 Å². The Bertz CT molecular complexity index is 612. The maximum absolute atomic E-state index is 13.5. The van der Waals surface area contributed by atoms with Gasteiger partial charge in [0.2, 0.25) is 0 Å². The van der Waals surface area contributed by atoms with E-state index in [0.717, 1.165) is 36.4 Å². The van der Waals surface area contributed by atoms with Crippen molar-refractivity contribution in [2.45, 2.75) is 19.4 Å². The quantitative estimate of drug-likeness (QED) is 0.919. The molecule has 0 saturated heterocycles. The molecule has 1 heterocycles. The molecule has 3 heteroatoms. The Morgan fingerprint density at radius 2 is 2.10 bits per heavy atom. The van der Waals surface area contributed by atoms with E-state index in [0.29, 0.717) is 0 Å². The van der Waals surface area contributed by atoms with E-state index in [1.165, 1.54) is 11.6 Å². The number of fused-ring (bicyclic) bond motifs is 1. The highest BCUT2D eigenvalue weighted by molar-refractivity contribution is 5.48. The molecule has 2 aromatic carbocycles. The normalized spacial score (nSPS) is 14.7. The standard InChI is InChI=1S/C17H18FNO/c1-2-19-16(13-6-3-7-14(18)11-13)15-8-4-5-12-9-10-20-17(12)15/h3-8,11,16,19H,2,9-10H2,1H3. The molecule has 1 aliphatic rings. The predicted molar refractivity (Wildman–Crippen MR) is 77.6 cm³/mol. The minimum absolute atomic E-state index is 0.0382. The molecule has 0 fully saturated rings. The first-order valence-electron chi connectivity index (χ1n) is 7.03. The summed E-state index contributed by atoms with van der Waals surface area (Å²) in [5, 5.41) is 3.43. The summed E-state index contributed by atoms with van der Waals surface area (Å²) in [5.74, 6) is 0.751. The third-order valence-corrected chi connectivity index (χ3v) is 3.65. The molecule has 1 atom stereocenters. The van der Waals surface area contributed by atoms with E-state index in [2.05, 4.69) is 24.4 Å². The van der Waals surface area contributed by atoms with Crippen LogP contribution >= 0.6 is 0 Å². The van der Waals surface area contributed by atoms with Crippen molar-refractivity contribution in [2.24, 2.45) is 0 Å². The molecule has 1 unspecified atom stereocenters. The maximum atomic E-state index is 13.5. The van der Waals surface area contributed by atoms with E-state index in [9.17, 15) is 4.39 Å². The van der Waals surface area contributed by atoms with Gasteiger partial charge in [0, 0.05) is 12.0 Å². The molecule has 2 aromatic rings. The van der Waals surface area contributed by atoms with Crippen LogP contribution in [0.25, 0.3) is 0 Å². The maximum Gasteiger partial charge on any atom is 0.127 e. The topological polar surface area (TPSA) is 21.3 Å². The molecule has 0 aromatic heterocycles. The lowest BCUT2D eigenvalue weighted by Gasteiger charge is -2.21. The SMILES string of the molecule is CCNC(c1cccc(F)c1)c1cccc2c1OCC2. The minimum atomic E-state index is -0.209.